The number of hydrogen-bond acceptors (Lipinski definition) is 3. The number of carbonyl (C=O) groups excluding carboxylic acids is 1. The van der Waals surface area contributed by atoms with Crippen molar-refractivity contribution in [1.29, 1.82) is 0 Å². The molecule has 1 amide bonds. The Morgan fingerprint density at radius 3 is 2.46 bits per heavy atom. The first kappa shape index (κ1) is 25.3. The summed E-state index contributed by atoms with van der Waals surface area (Å²) in [7, 11) is 0. The maximum absolute atomic E-state index is 13.1. The van der Waals surface area contributed by atoms with Gasteiger partial charge < -0.3 is 19.9 Å². The van der Waals surface area contributed by atoms with Crippen LogP contribution in [0.15, 0.2) is 54.6 Å². The number of para-hydroxylation sites is 1. The van der Waals surface area contributed by atoms with Crippen molar-refractivity contribution in [3.63, 3.8) is 0 Å². The van der Waals surface area contributed by atoms with Gasteiger partial charge in [0.05, 0.1) is 12.1 Å². The van der Waals surface area contributed by atoms with Crippen LogP contribution in [0.3, 0.4) is 0 Å². The SMILES string of the molecule is CC1CCCN1.CCCOc1ccc(-n2c(C(=O)NCC3CCCCC3)cc3ccccc32)cc1. The molecule has 0 spiro atoms. The quantitative estimate of drug-likeness (QED) is 0.411. The van der Waals surface area contributed by atoms with Crippen LogP contribution in [0.4, 0.5) is 0 Å². The third-order valence-electron chi connectivity index (χ3n) is 7.09. The van der Waals surface area contributed by atoms with Crippen molar-refractivity contribution >= 4 is 16.8 Å². The molecule has 5 rings (SSSR count). The van der Waals surface area contributed by atoms with Crippen molar-refractivity contribution in [2.45, 2.75) is 71.3 Å². The molecule has 2 heterocycles. The van der Waals surface area contributed by atoms with Crippen molar-refractivity contribution in [1.82, 2.24) is 15.2 Å². The van der Waals surface area contributed by atoms with Crippen molar-refractivity contribution in [3.05, 3.63) is 60.3 Å². The molecule has 35 heavy (non-hydrogen) atoms. The average Bonchev–Trinajstić information content (AvgIpc) is 3.54. The molecule has 2 aliphatic rings. The second kappa shape index (κ2) is 12.8. The fraction of sp³-hybridized carbons (Fsp3) is 0.500. The summed E-state index contributed by atoms with van der Waals surface area (Å²) in [4.78, 5) is 13.1. The normalized spacial score (nSPS) is 18.2. The van der Waals surface area contributed by atoms with Gasteiger partial charge in [0.1, 0.15) is 11.4 Å². The first-order chi connectivity index (χ1) is 17.2. The number of fused-ring (bicyclic) bond motifs is 1. The van der Waals surface area contributed by atoms with Crippen LogP contribution in [-0.2, 0) is 0 Å². The molecule has 3 aromatic rings. The highest BCUT2D eigenvalue weighted by molar-refractivity contribution is 6.00. The van der Waals surface area contributed by atoms with Crippen LogP contribution in [0.2, 0.25) is 0 Å². The zero-order valence-electron chi connectivity index (χ0n) is 21.4. The predicted octanol–water partition coefficient (Wildman–Crippen LogP) is 6.49. The van der Waals surface area contributed by atoms with Gasteiger partial charge in [-0.3, -0.25) is 4.79 Å². The van der Waals surface area contributed by atoms with E-state index in [9.17, 15) is 4.79 Å². The number of nitrogens with one attached hydrogen (secondary N) is 2. The Morgan fingerprint density at radius 2 is 1.80 bits per heavy atom. The minimum atomic E-state index is -0.00178. The van der Waals surface area contributed by atoms with E-state index >= 15 is 0 Å². The first-order valence-electron chi connectivity index (χ1n) is 13.5. The Kier molecular flexibility index (Phi) is 9.24. The lowest BCUT2D eigenvalue weighted by atomic mass is 9.89. The highest BCUT2D eigenvalue weighted by Gasteiger charge is 2.19. The Morgan fingerprint density at radius 1 is 1.03 bits per heavy atom. The molecule has 2 fully saturated rings. The molecule has 0 bridgehead atoms. The molecular formula is C30H41N3O2. The summed E-state index contributed by atoms with van der Waals surface area (Å²) in [5.41, 5.74) is 2.69. The van der Waals surface area contributed by atoms with Gasteiger partial charge in [0.2, 0.25) is 0 Å². The number of rotatable bonds is 7. The first-order valence-corrected chi connectivity index (χ1v) is 13.5. The van der Waals surface area contributed by atoms with Crippen molar-refractivity contribution in [2.75, 3.05) is 19.7 Å². The second-order valence-electron chi connectivity index (χ2n) is 9.98. The fourth-order valence-electron chi connectivity index (χ4n) is 5.09. The topological polar surface area (TPSA) is 55.3 Å². The van der Waals surface area contributed by atoms with E-state index in [2.05, 4.69) is 41.2 Å². The highest BCUT2D eigenvalue weighted by Crippen LogP contribution is 2.27. The molecular weight excluding hydrogens is 434 g/mol. The summed E-state index contributed by atoms with van der Waals surface area (Å²) in [6.45, 7) is 7.04. The predicted molar refractivity (Wildman–Crippen MR) is 145 cm³/mol. The van der Waals surface area contributed by atoms with Gasteiger partial charge in [0.25, 0.3) is 5.91 Å². The van der Waals surface area contributed by atoms with Gasteiger partial charge in [-0.05, 0) is 87.9 Å². The number of nitrogens with zero attached hydrogens (tertiary/aromatic N) is 1. The monoisotopic (exact) mass is 475 g/mol. The molecule has 5 nitrogen and oxygen atoms in total. The maximum Gasteiger partial charge on any atom is 0.268 e. The van der Waals surface area contributed by atoms with E-state index < -0.39 is 0 Å². The van der Waals surface area contributed by atoms with E-state index in [1.807, 2.05) is 42.5 Å². The van der Waals surface area contributed by atoms with Gasteiger partial charge in [-0.15, -0.1) is 0 Å². The summed E-state index contributed by atoms with van der Waals surface area (Å²) in [6, 6.07) is 18.9. The summed E-state index contributed by atoms with van der Waals surface area (Å²) >= 11 is 0. The lowest BCUT2D eigenvalue weighted by Crippen LogP contribution is -2.31. The molecule has 0 radical (unpaired) electrons. The number of benzene rings is 2. The van der Waals surface area contributed by atoms with Crippen molar-refractivity contribution in [3.8, 4) is 11.4 Å². The van der Waals surface area contributed by atoms with Crippen LogP contribution in [0, 0.1) is 5.92 Å². The van der Waals surface area contributed by atoms with Crippen LogP contribution >= 0.6 is 0 Å². The summed E-state index contributed by atoms with van der Waals surface area (Å²) in [6.07, 6.45) is 10.1. The standard InChI is InChI=1S/C25H30N2O2.C5H11N/c1-2-16-29-22-14-12-21(13-15-22)27-23-11-7-6-10-20(23)17-24(27)25(28)26-18-19-8-4-3-5-9-19;1-5-3-2-4-6-5/h6-7,10-15,17,19H,2-5,8-9,16,18H2,1H3,(H,26,28);5-6H,2-4H2,1H3. The van der Waals surface area contributed by atoms with E-state index in [4.69, 9.17) is 4.74 Å². The third kappa shape index (κ3) is 6.88. The fourth-order valence-corrected chi connectivity index (χ4v) is 5.09. The number of ether oxygens (including phenoxy) is 1. The Labute approximate surface area is 210 Å². The molecule has 1 unspecified atom stereocenters. The van der Waals surface area contributed by atoms with Crippen molar-refractivity contribution < 1.29 is 9.53 Å². The van der Waals surface area contributed by atoms with Crippen LogP contribution in [-0.4, -0.2) is 36.2 Å². The molecule has 188 valence electrons. The van der Waals surface area contributed by atoms with Crippen LogP contribution in [0.25, 0.3) is 16.6 Å². The molecule has 1 aliphatic carbocycles. The molecule has 1 atom stereocenters. The van der Waals surface area contributed by atoms with Crippen LogP contribution in [0.1, 0.15) is 75.7 Å². The summed E-state index contributed by atoms with van der Waals surface area (Å²) < 4.78 is 7.76. The van der Waals surface area contributed by atoms with E-state index in [-0.39, 0.29) is 5.91 Å². The number of amides is 1. The van der Waals surface area contributed by atoms with Gasteiger partial charge in [-0.25, -0.2) is 0 Å². The van der Waals surface area contributed by atoms with Gasteiger partial charge >= 0.3 is 0 Å². The lowest BCUT2D eigenvalue weighted by molar-refractivity contribution is 0.0937. The van der Waals surface area contributed by atoms with Gasteiger partial charge in [0.15, 0.2) is 0 Å². The second-order valence-corrected chi connectivity index (χ2v) is 9.98. The van der Waals surface area contributed by atoms with Gasteiger partial charge in [-0.2, -0.15) is 0 Å². The molecule has 2 aromatic carbocycles. The van der Waals surface area contributed by atoms with E-state index in [1.165, 1.54) is 51.5 Å². The minimum absolute atomic E-state index is 0.00178. The summed E-state index contributed by atoms with van der Waals surface area (Å²) in [5.74, 6) is 1.47. The van der Waals surface area contributed by atoms with E-state index in [0.717, 1.165) is 41.3 Å². The lowest BCUT2D eigenvalue weighted by Gasteiger charge is -2.22. The zero-order chi connectivity index (χ0) is 24.5. The van der Waals surface area contributed by atoms with Gasteiger partial charge in [0, 0.05) is 23.7 Å². The number of hydrogen-bond donors (Lipinski definition) is 2. The average molecular weight is 476 g/mol. The van der Waals surface area contributed by atoms with Crippen LogP contribution in [0.5, 0.6) is 5.75 Å². The number of carbonyl (C=O) groups is 1. The molecule has 2 N–H and O–H groups in total. The minimum Gasteiger partial charge on any atom is -0.494 e. The molecule has 5 heteroatoms. The molecule has 1 saturated carbocycles. The Bertz CT molecular complexity index is 1060. The maximum atomic E-state index is 13.1. The number of aromatic nitrogens is 1. The smallest absolute Gasteiger partial charge is 0.268 e. The zero-order valence-corrected chi connectivity index (χ0v) is 21.4. The van der Waals surface area contributed by atoms with E-state index in [0.29, 0.717) is 18.2 Å². The summed E-state index contributed by atoms with van der Waals surface area (Å²) in [5, 5.41) is 7.59. The van der Waals surface area contributed by atoms with Gasteiger partial charge in [-0.1, -0.05) is 44.4 Å². The third-order valence-corrected chi connectivity index (χ3v) is 7.09. The molecule has 1 saturated heterocycles. The molecule has 1 aromatic heterocycles. The van der Waals surface area contributed by atoms with Crippen molar-refractivity contribution in [2.24, 2.45) is 5.92 Å². The van der Waals surface area contributed by atoms with E-state index in [1.54, 1.807) is 0 Å². The highest BCUT2D eigenvalue weighted by atomic mass is 16.5. The Balaban J connectivity index is 0.000000421. The molecule has 1 aliphatic heterocycles. The van der Waals surface area contributed by atoms with Crippen LogP contribution < -0.4 is 15.4 Å². The largest absolute Gasteiger partial charge is 0.494 e. The Hall–Kier alpha value is -2.79.